The molecule has 1 aliphatic carbocycles. The van der Waals surface area contributed by atoms with Gasteiger partial charge in [-0.15, -0.1) is 0 Å². The number of benzene rings is 1. The predicted molar refractivity (Wildman–Crippen MR) is 64.4 cm³/mol. The number of hydrogen-bond acceptors (Lipinski definition) is 1. The van der Waals surface area contributed by atoms with Crippen molar-refractivity contribution >= 4 is 0 Å². The lowest BCUT2D eigenvalue weighted by Crippen LogP contribution is -2.47. The van der Waals surface area contributed by atoms with Gasteiger partial charge in [-0.2, -0.15) is 0 Å². The number of halogens is 2. The van der Waals surface area contributed by atoms with Crippen molar-refractivity contribution in [3.8, 4) is 0 Å². The van der Waals surface area contributed by atoms with Crippen LogP contribution in [-0.2, 0) is 5.54 Å². The SMILES string of the molecule is CC1CCC(N)(c2c(F)cccc2F)C(C)C1. The average molecular weight is 239 g/mol. The van der Waals surface area contributed by atoms with Gasteiger partial charge in [0, 0.05) is 11.1 Å². The van der Waals surface area contributed by atoms with Gasteiger partial charge < -0.3 is 5.73 Å². The van der Waals surface area contributed by atoms with Gasteiger partial charge >= 0.3 is 0 Å². The summed E-state index contributed by atoms with van der Waals surface area (Å²) in [7, 11) is 0. The Morgan fingerprint density at radius 3 is 2.35 bits per heavy atom. The van der Waals surface area contributed by atoms with Crippen LogP contribution >= 0.6 is 0 Å². The van der Waals surface area contributed by atoms with Crippen molar-refractivity contribution in [2.45, 2.75) is 38.6 Å². The van der Waals surface area contributed by atoms with Crippen LogP contribution in [0.4, 0.5) is 8.78 Å². The molecule has 0 heterocycles. The first-order valence-electron chi connectivity index (χ1n) is 6.18. The van der Waals surface area contributed by atoms with Gasteiger partial charge in [-0.25, -0.2) is 8.78 Å². The second kappa shape index (κ2) is 4.37. The zero-order chi connectivity index (χ0) is 12.6. The fourth-order valence-corrected chi connectivity index (χ4v) is 2.98. The van der Waals surface area contributed by atoms with Crippen molar-refractivity contribution in [3.05, 3.63) is 35.4 Å². The molecule has 0 bridgehead atoms. The molecule has 3 atom stereocenters. The Morgan fingerprint density at radius 1 is 1.24 bits per heavy atom. The van der Waals surface area contributed by atoms with Crippen LogP contribution < -0.4 is 5.73 Å². The van der Waals surface area contributed by atoms with Crippen LogP contribution in [0.3, 0.4) is 0 Å². The van der Waals surface area contributed by atoms with Crippen LogP contribution in [0.5, 0.6) is 0 Å². The van der Waals surface area contributed by atoms with Crippen molar-refractivity contribution in [2.75, 3.05) is 0 Å². The highest BCUT2D eigenvalue weighted by atomic mass is 19.1. The van der Waals surface area contributed by atoms with Gasteiger partial charge in [-0.3, -0.25) is 0 Å². The molecule has 0 saturated heterocycles. The molecule has 3 heteroatoms. The molecular weight excluding hydrogens is 220 g/mol. The van der Waals surface area contributed by atoms with Gasteiger partial charge in [0.05, 0.1) is 0 Å². The van der Waals surface area contributed by atoms with Crippen molar-refractivity contribution in [1.29, 1.82) is 0 Å². The van der Waals surface area contributed by atoms with Crippen LogP contribution in [0.1, 0.15) is 38.7 Å². The lowest BCUT2D eigenvalue weighted by atomic mass is 9.67. The van der Waals surface area contributed by atoms with Gasteiger partial charge in [-0.05, 0) is 43.2 Å². The summed E-state index contributed by atoms with van der Waals surface area (Å²) in [6.45, 7) is 4.15. The van der Waals surface area contributed by atoms with E-state index in [9.17, 15) is 8.78 Å². The van der Waals surface area contributed by atoms with Crippen molar-refractivity contribution < 1.29 is 8.78 Å². The first-order chi connectivity index (χ1) is 7.95. The Bertz CT molecular complexity index is 398. The van der Waals surface area contributed by atoms with Gasteiger partial charge in [-0.1, -0.05) is 19.9 Å². The minimum absolute atomic E-state index is 0.0689. The molecule has 1 aliphatic rings. The van der Waals surface area contributed by atoms with Gasteiger partial charge in [0.1, 0.15) is 11.6 Å². The Balaban J connectivity index is 2.44. The summed E-state index contributed by atoms with van der Waals surface area (Å²) in [4.78, 5) is 0. The molecule has 1 aromatic carbocycles. The summed E-state index contributed by atoms with van der Waals surface area (Å²) in [5.74, 6) is -0.364. The zero-order valence-corrected chi connectivity index (χ0v) is 10.3. The topological polar surface area (TPSA) is 26.0 Å². The monoisotopic (exact) mass is 239 g/mol. The Kier molecular flexibility index (Phi) is 3.21. The van der Waals surface area contributed by atoms with Crippen LogP contribution in [0.25, 0.3) is 0 Å². The van der Waals surface area contributed by atoms with E-state index in [1.807, 2.05) is 6.92 Å². The summed E-state index contributed by atoms with van der Waals surface area (Å²) in [6.07, 6.45) is 2.49. The minimum atomic E-state index is -0.859. The molecule has 0 amide bonds. The molecule has 94 valence electrons. The first kappa shape index (κ1) is 12.5. The van der Waals surface area contributed by atoms with E-state index in [0.29, 0.717) is 12.3 Å². The molecule has 0 radical (unpaired) electrons. The molecule has 2 rings (SSSR count). The lowest BCUT2D eigenvalue weighted by Gasteiger charge is -2.42. The fourth-order valence-electron chi connectivity index (χ4n) is 2.98. The average Bonchev–Trinajstić information content (AvgIpc) is 2.24. The Hall–Kier alpha value is -0.960. The van der Waals surface area contributed by atoms with E-state index >= 15 is 0 Å². The van der Waals surface area contributed by atoms with E-state index in [1.165, 1.54) is 18.2 Å². The highest BCUT2D eigenvalue weighted by molar-refractivity contribution is 5.29. The Labute approximate surface area is 101 Å². The normalized spacial score (nSPS) is 33.7. The molecule has 1 fully saturated rings. The highest BCUT2D eigenvalue weighted by Crippen LogP contribution is 2.43. The molecule has 1 nitrogen and oxygen atoms in total. The summed E-state index contributed by atoms with van der Waals surface area (Å²) in [5, 5.41) is 0. The second-order valence-corrected chi connectivity index (χ2v) is 5.42. The summed E-state index contributed by atoms with van der Waals surface area (Å²) >= 11 is 0. The van der Waals surface area contributed by atoms with Crippen LogP contribution in [0.15, 0.2) is 18.2 Å². The van der Waals surface area contributed by atoms with E-state index < -0.39 is 17.2 Å². The van der Waals surface area contributed by atoms with E-state index in [-0.39, 0.29) is 11.5 Å². The van der Waals surface area contributed by atoms with Gasteiger partial charge in [0.15, 0.2) is 0 Å². The van der Waals surface area contributed by atoms with Crippen molar-refractivity contribution in [2.24, 2.45) is 17.6 Å². The maximum absolute atomic E-state index is 13.8. The Morgan fingerprint density at radius 2 is 1.82 bits per heavy atom. The fraction of sp³-hybridized carbons (Fsp3) is 0.571. The molecular formula is C14H19F2N. The van der Waals surface area contributed by atoms with Crippen molar-refractivity contribution in [3.63, 3.8) is 0 Å². The third kappa shape index (κ3) is 2.08. The van der Waals surface area contributed by atoms with Gasteiger partial charge in [0.2, 0.25) is 0 Å². The molecule has 17 heavy (non-hydrogen) atoms. The van der Waals surface area contributed by atoms with Crippen LogP contribution in [-0.4, -0.2) is 0 Å². The van der Waals surface area contributed by atoms with Crippen LogP contribution in [0.2, 0.25) is 0 Å². The molecule has 1 aromatic rings. The molecule has 1 saturated carbocycles. The largest absolute Gasteiger partial charge is 0.321 e. The quantitative estimate of drug-likeness (QED) is 0.796. The van der Waals surface area contributed by atoms with E-state index in [2.05, 4.69) is 6.92 Å². The molecule has 2 N–H and O–H groups in total. The highest BCUT2D eigenvalue weighted by Gasteiger charge is 2.41. The summed E-state index contributed by atoms with van der Waals surface area (Å²) in [6, 6.07) is 3.96. The third-order valence-electron chi connectivity index (χ3n) is 4.11. The maximum Gasteiger partial charge on any atom is 0.131 e. The lowest BCUT2D eigenvalue weighted by molar-refractivity contribution is 0.155. The minimum Gasteiger partial charge on any atom is -0.321 e. The maximum atomic E-state index is 13.8. The molecule has 0 aliphatic heterocycles. The number of rotatable bonds is 1. The van der Waals surface area contributed by atoms with Crippen LogP contribution in [0, 0.1) is 23.5 Å². The number of hydrogen-bond donors (Lipinski definition) is 1. The summed E-state index contributed by atoms with van der Waals surface area (Å²) < 4.78 is 27.7. The molecule has 0 aromatic heterocycles. The number of nitrogens with two attached hydrogens (primary N) is 1. The predicted octanol–water partition coefficient (Wildman–Crippen LogP) is 3.57. The summed E-state index contributed by atoms with van der Waals surface area (Å²) in [5.41, 5.74) is 5.52. The molecule has 0 spiro atoms. The van der Waals surface area contributed by atoms with Gasteiger partial charge in [0.25, 0.3) is 0 Å². The first-order valence-corrected chi connectivity index (χ1v) is 6.18. The van der Waals surface area contributed by atoms with E-state index in [1.54, 1.807) is 0 Å². The smallest absolute Gasteiger partial charge is 0.131 e. The van der Waals surface area contributed by atoms with E-state index in [4.69, 9.17) is 5.73 Å². The zero-order valence-electron chi connectivity index (χ0n) is 10.3. The van der Waals surface area contributed by atoms with Crippen molar-refractivity contribution in [1.82, 2.24) is 0 Å². The second-order valence-electron chi connectivity index (χ2n) is 5.42. The third-order valence-corrected chi connectivity index (χ3v) is 4.11. The van der Waals surface area contributed by atoms with E-state index in [0.717, 1.165) is 12.8 Å². The standard InChI is InChI=1S/C14H19F2N/c1-9-6-7-14(17,10(2)8-9)13-11(15)4-3-5-12(13)16/h3-5,9-10H,6-8,17H2,1-2H3. The molecule has 3 unspecified atom stereocenters.